The summed E-state index contributed by atoms with van der Waals surface area (Å²) < 4.78 is 0. The van der Waals surface area contributed by atoms with E-state index in [-0.39, 0.29) is 59.2 Å². The molecule has 0 aliphatic rings. The molecule has 114 valence electrons. The Morgan fingerprint density at radius 2 is 1.35 bits per heavy atom. The van der Waals surface area contributed by atoms with Crippen molar-refractivity contribution in [3.05, 3.63) is 0 Å². The molecule has 0 aromatic rings. The molecule has 0 aliphatic heterocycles. The number of carboxylic acid groups (broad SMARTS) is 2. The summed E-state index contributed by atoms with van der Waals surface area (Å²) >= 11 is 0. The Morgan fingerprint density at radius 1 is 0.950 bits per heavy atom. The smallest absolute Gasteiger partial charge is 1.00 e. The van der Waals surface area contributed by atoms with Crippen LogP contribution in [0.25, 0.3) is 0 Å². The average Bonchev–Trinajstić information content (AvgIpc) is 2.31. The van der Waals surface area contributed by atoms with Gasteiger partial charge in [-0.2, -0.15) is 0 Å². The molecule has 0 atom stereocenters. The summed E-state index contributed by atoms with van der Waals surface area (Å²) in [6.07, 6.45) is 7.68. The van der Waals surface area contributed by atoms with Crippen LogP contribution >= 0.6 is 0 Å². The van der Waals surface area contributed by atoms with E-state index in [4.69, 9.17) is 0 Å². The van der Waals surface area contributed by atoms with Gasteiger partial charge in [0.25, 0.3) is 0 Å². The number of carboxylic acids is 2. The predicted molar refractivity (Wildman–Crippen MR) is 76.3 cm³/mol. The maximum atomic E-state index is 11.3. The molecule has 0 bridgehead atoms. The standard InChI is InChI=1S/C15H28O4.K.H/c1-4-5-6-7-8-9-10-11-15(12(2)3,13(16)17)14(18)19;;/h12H,4-11H2,1-3H3,(H,16,17)(H,18,19);;/q;+1;-1. The number of hydrogen-bond acceptors (Lipinski definition) is 2. The van der Waals surface area contributed by atoms with E-state index in [1.807, 2.05) is 0 Å². The van der Waals surface area contributed by atoms with Gasteiger partial charge in [0.1, 0.15) is 0 Å². The number of rotatable bonds is 11. The molecule has 0 saturated heterocycles. The minimum absolute atomic E-state index is 0. The summed E-state index contributed by atoms with van der Waals surface area (Å²) in [4.78, 5) is 22.7. The summed E-state index contributed by atoms with van der Waals surface area (Å²) in [5.41, 5.74) is -1.62. The number of carbonyl (C=O) groups is 2. The Labute approximate surface area is 166 Å². The van der Waals surface area contributed by atoms with E-state index in [2.05, 4.69) is 6.92 Å². The molecule has 0 spiro atoms. The van der Waals surface area contributed by atoms with E-state index < -0.39 is 23.3 Å². The average molecular weight is 312 g/mol. The summed E-state index contributed by atoms with van der Waals surface area (Å²) in [6, 6.07) is 0. The van der Waals surface area contributed by atoms with Crippen molar-refractivity contribution in [2.45, 2.75) is 72.1 Å². The van der Waals surface area contributed by atoms with Crippen LogP contribution in [0.4, 0.5) is 0 Å². The molecule has 0 fully saturated rings. The van der Waals surface area contributed by atoms with Gasteiger partial charge in [-0.25, -0.2) is 0 Å². The first kappa shape index (κ1) is 22.9. The number of hydrogen-bond donors (Lipinski definition) is 2. The topological polar surface area (TPSA) is 74.6 Å². The molecule has 0 amide bonds. The van der Waals surface area contributed by atoms with Crippen molar-refractivity contribution in [1.29, 1.82) is 0 Å². The van der Waals surface area contributed by atoms with Gasteiger partial charge in [-0.05, 0) is 12.3 Å². The predicted octanol–water partition coefficient (Wildman–Crippen LogP) is 1.06. The summed E-state index contributed by atoms with van der Waals surface area (Å²) in [6.45, 7) is 5.50. The van der Waals surface area contributed by atoms with Gasteiger partial charge in [-0.15, -0.1) is 0 Å². The summed E-state index contributed by atoms with van der Waals surface area (Å²) in [7, 11) is 0. The van der Waals surface area contributed by atoms with Crippen LogP contribution in [-0.4, -0.2) is 22.2 Å². The quantitative estimate of drug-likeness (QED) is 0.340. The van der Waals surface area contributed by atoms with Crippen molar-refractivity contribution in [3.63, 3.8) is 0 Å². The first-order chi connectivity index (χ1) is 8.89. The van der Waals surface area contributed by atoms with Crippen molar-refractivity contribution < 1.29 is 72.6 Å². The maximum absolute atomic E-state index is 11.3. The van der Waals surface area contributed by atoms with E-state index in [0.717, 1.165) is 19.3 Å². The molecule has 0 aliphatic carbocycles. The van der Waals surface area contributed by atoms with Crippen LogP contribution in [0.3, 0.4) is 0 Å². The molecule has 0 aromatic heterocycles. The Balaban J connectivity index is -0.00000162. The fourth-order valence-corrected chi connectivity index (χ4v) is 2.45. The third-order valence-electron chi connectivity index (χ3n) is 3.92. The summed E-state index contributed by atoms with van der Waals surface area (Å²) in [5.74, 6) is -2.82. The van der Waals surface area contributed by atoms with Gasteiger partial charge in [0.15, 0.2) is 5.41 Å². The third-order valence-corrected chi connectivity index (χ3v) is 3.92. The molecule has 0 radical (unpaired) electrons. The van der Waals surface area contributed by atoms with Crippen molar-refractivity contribution in [2.24, 2.45) is 11.3 Å². The maximum Gasteiger partial charge on any atom is 1.00 e. The second kappa shape index (κ2) is 12.2. The van der Waals surface area contributed by atoms with Gasteiger partial charge in [-0.3, -0.25) is 9.59 Å². The van der Waals surface area contributed by atoms with Crippen molar-refractivity contribution in [2.75, 3.05) is 0 Å². The molecule has 0 saturated carbocycles. The zero-order valence-corrected chi connectivity index (χ0v) is 16.6. The molecule has 0 aromatic carbocycles. The van der Waals surface area contributed by atoms with Gasteiger partial charge in [0.2, 0.25) is 0 Å². The number of aliphatic carboxylic acids is 2. The molecule has 0 rings (SSSR count). The Morgan fingerprint density at radius 3 is 1.70 bits per heavy atom. The van der Waals surface area contributed by atoms with E-state index in [1.165, 1.54) is 19.3 Å². The third kappa shape index (κ3) is 7.03. The minimum Gasteiger partial charge on any atom is -1.00 e. The van der Waals surface area contributed by atoms with Crippen LogP contribution in [0.2, 0.25) is 0 Å². The van der Waals surface area contributed by atoms with E-state index >= 15 is 0 Å². The van der Waals surface area contributed by atoms with Crippen LogP contribution in [-0.2, 0) is 9.59 Å². The monoisotopic (exact) mass is 312 g/mol. The first-order valence-corrected chi connectivity index (χ1v) is 7.36. The van der Waals surface area contributed by atoms with E-state index in [9.17, 15) is 19.8 Å². The van der Waals surface area contributed by atoms with Crippen LogP contribution < -0.4 is 51.4 Å². The van der Waals surface area contributed by atoms with Gasteiger partial charge in [0, 0.05) is 0 Å². The Bertz CT molecular complexity index is 281. The van der Waals surface area contributed by atoms with Crippen molar-refractivity contribution in [3.8, 4) is 0 Å². The first-order valence-electron chi connectivity index (χ1n) is 7.36. The van der Waals surface area contributed by atoms with Crippen LogP contribution in [0.5, 0.6) is 0 Å². The van der Waals surface area contributed by atoms with Gasteiger partial charge in [-0.1, -0.05) is 65.7 Å². The normalized spacial score (nSPS) is 11.2. The van der Waals surface area contributed by atoms with Gasteiger partial charge < -0.3 is 11.6 Å². The minimum atomic E-state index is -1.62. The zero-order chi connectivity index (χ0) is 14.9. The largest absolute Gasteiger partial charge is 1.00 e. The van der Waals surface area contributed by atoms with Crippen LogP contribution in [0.15, 0.2) is 0 Å². The molecular formula is C15H29KO4. The van der Waals surface area contributed by atoms with Crippen LogP contribution in [0, 0.1) is 11.3 Å². The summed E-state index contributed by atoms with van der Waals surface area (Å²) in [5, 5.41) is 18.5. The van der Waals surface area contributed by atoms with E-state index in [1.54, 1.807) is 13.8 Å². The Hall–Kier alpha value is 0.576. The van der Waals surface area contributed by atoms with Gasteiger partial charge in [0.05, 0.1) is 0 Å². The molecule has 4 nitrogen and oxygen atoms in total. The Kier molecular flexibility index (Phi) is 13.9. The molecular weight excluding hydrogens is 283 g/mol. The molecule has 0 unspecified atom stereocenters. The SMILES string of the molecule is CCCCCCCCCC(C(=O)O)(C(=O)O)C(C)C.[H-].[K+]. The zero-order valence-electron chi connectivity index (χ0n) is 14.4. The van der Waals surface area contributed by atoms with E-state index in [0.29, 0.717) is 6.42 Å². The fraction of sp³-hybridized carbons (Fsp3) is 0.867. The van der Waals surface area contributed by atoms with Crippen LogP contribution in [0.1, 0.15) is 73.6 Å². The second-order valence-electron chi connectivity index (χ2n) is 5.61. The fourth-order valence-electron chi connectivity index (χ4n) is 2.45. The molecule has 0 heterocycles. The molecule has 2 N–H and O–H groups in total. The second-order valence-corrected chi connectivity index (χ2v) is 5.61. The molecule has 20 heavy (non-hydrogen) atoms. The van der Waals surface area contributed by atoms with Crippen molar-refractivity contribution >= 4 is 11.9 Å². The number of unbranched alkanes of at least 4 members (excludes halogenated alkanes) is 6. The van der Waals surface area contributed by atoms with Gasteiger partial charge >= 0.3 is 63.3 Å². The van der Waals surface area contributed by atoms with Crippen molar-refractivity contribution in [1.82, 2.24) is 0 Å². The molecule has 5 heteroatoms.